The lowest BCUT2D eigenvalue weighted by Crippen LogP contribution is -2.17. The first-order chi connectivity index (χ1) is 5.83. The number of rotatable bonds is 4. The third-order valence-corrected chi connectivity index (χ3v) is 2.30. The van der Waals surface area contributed by atoms with Crippen LogP contribution < -0.4 is 0 Å². The van der Waals surface area contributed by atoms with Gasteiger partial charge in [0, 0.05) is 19.8 Å². The average Bonchev–Trinajstić information content (AvgIpc) is 2.06. The van der Waals surface area contributed by atoms with Gasteiger partial charge in [0.1, 0.15) is 0 Å². The number of hydrogen-bond acceptors (Lipinski definition) is 2. The fourth-order valence-electron chi connectivity index (χ4n) is 1.64. The van der Waals surface area contributed by atoms with Crippen molar-refractivity contribution < 1.29 is 9.84 Å². The summed E-state index contributed by atoms with van der Waals surface area (Å²) < 4.78 is 5.36. The summed E-state index contributed by atoms with van der Waals surface area (Å²) in [6.07, 6.45) is 4.21. The molecule has 0 spiro atoms. The SMILES string of the molecule is C=C(CCO)CC1CCCOC1. The molecule has 1 saturated heterocycles. The van der Waals surface area contributed by atoms with Crippen LogP contribution in [0.3, 0.4) is 0 Å². The van der Waals surface area contributed by atoms with Gasteiger partial charge in [0.2, 0.25) is 0 Å². The molecule has 1 fully saturated rings. The minimum atomic E-state index is 0.229. The third-order valence-electron chi connectivity index (χ3n) is 2.30. The zero-order valence-electron chi connectivity index (χ0n) is 7.59. The largest absolute Gasteiger partial charge is 0.396 e. The quantitative estimate of drug-likeness (QED) is 0.651. The van der Waals surface area contributed by atoms with E-state index in [4.69, 9.17) is 9.84 Å². The van der Waals surface area contributed by atoms with Gasteiger partial charge < -0.3 is 9.84 Å². The van der Waals surface area contributed by atoms with Crippen molar-refractivity contribution >= 4 is 0 Å². The Kier molecular flexibility index (Phi) is 4.33. The summed E-state index contributed by atoms with van der Waals surface area (Å²) in [6, 6.07) is 0. The van der Waals surface area contributed by atoms with Gasteiger partial charge in [0.25, 0.3) is 0 Å². The van der Waals surface area contributed by atoms with E-state index in [1.54, 1.807) is 0 Å². The van der Waals surface area contributed by atoms with Crippen LogP contribution in [0, 0.1) is 5.92 Å². The maximum atomic E-state index is 8.67. The molecule has 1 N–H and O–H groups in total. The molecule has 1 aliphatic rings. The van der Waals surface area contributed by atoms with E-state index < -0.39 is 0 Å². The summed E-state index contributed by atoms with van der Waals surface area (Å²) in [6.45, 7) is 5.95. The molecule has 1 unspecified atom stereocenters. The summed E-state index contributed by atoms with van der Waals surface area (Å²) in [5.74, 6) is 0.651. The van der Waals surface area contributed by atoms with Crippen LogP contribution in [0.25, 0.3) is 0 Å². The molecular formula is C10H18O2. The van der Waals surface area contributed by atoms with Crippen LogP contribution in [0.1, 0.15) is 25.7 Å². The molecule has 0 bridgehead atoms. The van der Waals surface area contributed by atoms with Crippen LogP contribution in [-0.4, -0.2) is 24.9 Å². The number of aliphatic hydroxyl groups is 1. The molecule has 1 heterocycles. The smallest absolute Gasteiger partial charge is 0.0497 e. The summed E-state index contributed by atoms with van der Waals surface area (Å²) in [5, 5.41) is 8.67. The lowest BCUT2D eigenvalue weighted by Gasteiger charge is -2.22. The Labute approximate surface area is 74.2 Å². The van der Waals surface area contributed by atoms with Crippen molar-refractivity contribution in [1.82, 2.24) is 0 Å². The fourth-order valence-corrected chi connectivity index (χ4v) is 1.64. The van der Waals surface area contributed by atoms with E-state index in [0.29, 0.717) is 5.92 Å². The molecule has 2 heteroatoms. The van der Waals surface area contributed by atoms with E-state index >= 15 is 0 Å². The Bertz CT molecular complexity index is 137. The minimum absolute atomic E-state index is 0.229. The van der Waals surface area contributed by atoms with E-state index in [1.165, 1.54) is 12.8 Å². The Hall–Kier alpha value is -0.340. The number of aliphatic hydroxyl groups excluding tert-OH is 1. The van der Waals surface area contributed by atoms with Crippen molar-refractivity contribution in [2.24, 2.45) is 5.92 Å². The van der Waals surface area contributed by atoms with Gasteiger partial charge in [-0.1, -0.05) is 12.2 Å². The standard InChI is InChI=1S/C10H18O2/c1-9(4-5-11)7-10-3-2-6-12-8-10/h10-11H,1-8H2. The van der Waals surface area contributed by atoms with E-state index in [1.807, 2.05) is 0 Å². The van der Waals surface area contributed by atoms with E-state index in [9.17, 15) is 0 Å². The van der Waals surface area contributed by atoms with Crippen LogP contribution >= 0.6 is 0 Å². The second-order valence-corrected chi connectivity index (χ2v) is 3.51. The molecule has 0 aromatic heterocycles. The molecule has 2 nitrogen and oxygen atoms in total. The molecule has 12 heavy (non-hydrogen) atoms. The van der Waals surface area contributed by atoms with Crippen molar-refractivity contribution in [3.8, 4) is 0 Å². The average molecular weight is 170 g/mol. The van der Waals surface area contributed by atoms with Crippen LogP contribution in [0.4, 0.5) is 0 Å². The van der Waals surface area contributed by atoms with E-state index in [2.05, 4.69) is 6.58 Å². The minimum Gasteiger partial charge on any atom is -0.396 e. The van der Waals surface area contributed by atoms with Gasteiger partial charge in [-0.25, -0.2) is 0 Å². The van der Waals surface area contributed by atoms with Crippen molar-refractivity contribution in [2.75, 3.05) is 19.8 Å². The highest BCUT2D eigenvalue weighted by Crippen LogP contribution is 2.21. The van der Waals surface area contributed by atoms with E-state index in [0.717, 1.165) is 31.6 Å². The third kappa shape index (κ3) is 3.37. The summed E-state index contributed by atoms with van der Waals surface area (Å²) in [4.78, 5) is 0. The Morgan fingerprint density at radius 1 is 1.58 bits per heavy atom. The molecule has 1 aliphatic heterocycles. The zero-order valence-corrected chi connectivity index (χ0v) is 7.59. The fraction of sp³-hybridized carbons (Fsp3) is 0.800. The molecule has 0 aromatic rings. The highest BCUT2D eigenvalue weighted by atomic mass is 16.5. The highest BCUT2D eigenvalue weighted by molar-refractivity contribution is 4.95. The summed E-state index contributed by atoms with van der Waals surface area (Å²) >= 11 is 0. The predicted octanol–water partition coefficient (Wildman–Crippen LogP) is 1.74. The first kappa shape index (κ1) is 9.75. The summed E-state index contributed by atoms with van der Waals surface area (Å²) in [5.41, 5.74) is 1.16. The van der Waals surface area contributed by atoms with Crippen LogP contribution in [0.15, 0.2) is 12.2 Å². The molecule has 1 atom stereocenters. The topological polar surface area (TPSA) is 29.5 Å². The van der Waals surface area contributed by atoms with Crippen molar-refractivity contribution in [3.63, 3.8) is 0 Å². The van der Waals surface area contributed by atoms with Gasteiger partial charge in [-0.2, -0.15) is 0 Å². The molecule has 1 rings (SSSR count). The lowest BCUT2D eigenvalue weighted by molar-refractivity contribution is 0.0546. The number of ether oxygens (including phenoxy) is 1. The van der Waals surface area contributed by atoms with Gasteiger partial charge in [0.15, 0.2) is 0 Å². The van der Waals surface area contributed by atoms with Crippen LogP contribution in [0.2, 0.25) is 0 Å². The molecule has 0 aromatic carbocycles. The van der Waals surface area contributed by atoms with Crippen LogP contribution in [0.5, 0.6) is 0 Å². The molecule has 0 saturated carbocycles. The van der Waals surface area contributed by atoms with Gasteiger partial charge in [0.05, 0.1) is 0 Å². The van der Waals surface area contributed by atoms with Gasteiger partial charge in [-0.05, 0) is 31.6 Å². The van der Waals surface area contributed by atoms with Crippen molar-refractivity contribution in [3.05, 3.63) is 12.2 Å². The second kappa shape index (κ2) is 5.33. The molecule has 0 aliphatic carbocycles. The van der Waals surface area contributed by atoms with E-state index in [-0.39, 0.29) is 6.61 Å². The highest BCUT2D eigenvalue weighted by Gasteiger charge is 2.14. The first-order valence-electron chi connectivity index (χ1n) is 4.68. The maximum absolute atomic E-state index is 8.67. The lowest BCUT2D eigenvalue weighted by atomic mass is 9.94. The van der Waals surface area contributed by atoms with Crippen LogP contribution in [-0.2, 0) is 4.74 Å². The molecule has 0 radical (unpaired) electrons. The Balaban J connectivity index is 2.15. The first-order valence-corrected chi connectivity index (χ1v) is 4.68. The van der Waals surface area contributed by atoms with Gasteiger partial charge in [-0.15, -0.1) is 0 Å². The number of hydrogen-bond donors (Lipinski definition) is 1. The summed E-state index contributed by atoms with van der Waals surface area (Å²) in [7, 11) is 0. The maximum Gasteiger partial charge on any atom is 0.0497 e. The molecular weight excluding hydrogens is 152 g/mol. The normalized spacial score (nSPS) is 23.9. The molecule has 0 amide bonds. The predicted molar refractivity (Wildman–Crippen MR) is 49.0 cm³/mol. The second-order valence-electron chi connectivity index (χ2n) is 3.51. The zero-order chi connectivity index (χ0) is 8.81. The Morgan fingerprint density at radius 2 is 2.42 bits per heavy atom. The van der Waals surface area contributed by atoms with Crippen molar-refractivity contribution in [2.45, 2.75) is 25.7 Å². The monoisotopic (exact) mass is 170 g/mol. The van der Waals surface area contributed by atoms with Gasteiger partial charge >= 0.3 is 0 Å². The Morgan fingerprint density at radius 3 is 3.00 bits per heavy atom. The molecule has 70 valence electrons. The van der Waals surface area contributed by atoms with Gasteiger partial charge in [-0.3, -0.25) is 0 Å². The van der Waals surface area contributed by atoms with Crippen molar-refractivity contribution in [1.29, 1.82) is 0 Å².